The van der Waals surface area contributed by atoms with Gasteiger partial charge in [-0.25, -0.2) is 0 Å². The molecule has 1 N–H and O–H groups in total. The summed E-state index contributed by atoms with van der Waals surface area (Å²) >= 11 is 8.17. The fourth-order valence-electron chi connectivity index (χ4n) is 3.64. The van der Waals surface area contributed by atoms with Crippen LogP contribution in [0.15, 0.2) is 24.3 Å². The largest absolute Gasteiger partial charge is 0.373 e. The van der Waals surface area contributed by atoms with E-state index in [2.05, 4.69) is 48.0 Å². The van der Waals surface area contributed by atoms with Gasteiger partial charge in [-0.05, 0) is 55.9 Å². The van der Waals surface area contributed by atoms with Crippen LogP contribution >= 0.6 is 23.4 Å². The van der Waals surface area contributed by atoms with E-state index in [1.165, 1.54) is 29.9 Å². The highest BCUT2D eigenvalue weighted by atomic mass is 35.5. The molecule has 2 heterocycles. The molecule has 1 aromatic rings. The Bertz CT molecular complexity index is 517. The Hall–Kier alpha value is -0.260. The zero-order valence-electron chi connectivity index (χ0n) is 14.8. The number of nitrogens with one attached hydrogen (secondary N) is 1. The standard InChI is InChI=1S/C19H29ClN2OS/c1-19(2)14-22(9-10-23-19)18(15-3-5-16(20)6-4-15)13-21-17-7-11-24-12-8-17/h3-6,17-18,21H,7-14H2,1-2H3. The van der Waals surface area contributed by atoms with Crippen LogP contribution < -0.4 is 5.32 Å². The molecule has 1 unspecified atom stereocenters. The van der Waals surface area contributed by atoms with Gasteiger partial charge in [0.1, 0.15) is 0 Å². The minimum atomic E-state index is -0.0790. The van der Waals surface area contributed by atoms with Crippen LogP contribution in [0.3, 0.4) is 0 Å². The Morgan fingerprint density at radius 3 is 2.67 bits per heavy atom. The molecular weight excluding hydrogens is 340 g/mol. The van der Waals surface area contributed by atoms with Crippen molar-refractivity contribution in [2.45, 2.75) is 44.4 Å². The van der Waals surface area contributed by atoms with E-state index in [1.54, 1.807) is 0 Å². The quantitative estimate of drug-likeness (QED) is 0.849. The van der Waals surface area contributed by atoms with Gasteiger partial charge in [0.2, 0.25) is 0 Å². The summed E-state index contributed by atoms with van der Waals surface area (Å²) in [6.45, 7) is 8.11. The van der Waals surface area contributed by atoms with E-state index in [0.29, 0.717) is 12.1 Å². The van der Waals surface area contributed by atoms with Crippen molar-refractivity contribution in [2.75, 3.05) is 37.7 Å². The molecule has 0 aliphatic carbocycles. The van der Waals surface area contributed by atoms with Crippen molar-refractivity contribution in [2.24, 2.45) is 0 Å². The Balaban J connectivity index is 1.71. The van der Waals surface area contributed by atoms with E-state index in [4.69, 9.17) is 16.3 Å². The van der Waals surface area contributed by atoms with Crippen molar-refractivity contribution in [3.05, 3.63) is 34.9 Å². The Morgan fingerprint density at radius 2 is 2.00 bits per heavy atom. The molecule has 0 radical (unpaired) electrons. The topological polar surface area (TPSA) is 24.5 Å². The van der Waals surface area contributed by atoms with Crippen molar-refractivity contribution < 1.29 is 4.74 Å². The van der Waals surface area contributed by atoms with Crippen LogP contribution in [0.25, 0.3) is 0 Å². The third kappa shape index (κ3) is 5.12. The number of halogens is 1. The predicted octanol–water partition coefficient (Wildman–Crippen LogP) is 3.98. The number of ether oxygens (including phenoxy) is 1. The van der Waals surface area contributed by atoms with Gasteiger partial charge in [0.05, 0.1) is 12.2 Å². The third-order valence-electron chi connectivity index (χ3n) is 4.97. The highest BCUT2D eigenvalue weighted by Gasteiger charge is 2.32. The summed E-state index contributed by atoms with van der Waals surface area (Å²) < 4.78 is 5.91. The van der Waals surface area contributed by atoms with Gasteiger partial charge in [-0.3, -0.25) is 4.90 Å². The molecule has 0 amide bonds. The van der Waals surface area contributed by atoms with Crippen LogP contribution in [0, 0.1) is 0 Å². The number of thioether (sulfide) groups is 1. The first-order chi connectivity index (χ1) is 11.5. The average Bonchev–Trinajstić information content (AvgIpc) is 2.57. The second-order valence-corrected chi connectivity index (χ2v) is 9.10. The van der Waals surface area contributed by atoms with Crippen LogP contribution in [0.2, 0.25) is 5.02 Å². The Morgan fingerprint density at radius 1 is 1.29 bits per heavy atom. The van der Waals surface area contributed by atoms with Gasteiger partial charge in [0, 0.05) is 36.7 Å². The lowest BCUT2D eigenvalue weighted by Gasteiger charge is -2.43. The van der Waals surface area contributed by atoms with E-state index in [9.17, 15) is 0 Å². The summed E-state index contributed by atoms with van der Waals surface area (Å²) in [7, 11) is 0. The van der Waals surface area contributed by atoms with Crippen molar-refractivity contribution in [1.29, 1.82) is 0 Å². The van der Waals surface area contributed by atoms with Gasteiger partial charge in [0.15, 0.2) is 0 Å². The zero-order valence-corrected chi connectivity index (χ0v) is 16.3. The van der Waals surface area contributed by atoms with Gasteiger partial charge in [-0.2, -0.15) is 11.8 Å². The number of hydrogen-bond donors (Lipinski definition) is 1. The molecule has 2 saturated heterocycles. The first-order valence-electron chi connectivity index (χ1n) is 8.98. The molecule has 2 fully saturated rings. The first-order valence-corrected chi connectivity index (χ1v) is 10.5. The minimum Gasteiger partial charge on any atom is -0.373 e. The molecule has 3 nitrogen and oxygen atoms in total. The van der Waals surface area contributed by atoms with Crippen LogP contribution in [0.5, 0.6) is 0 Å². The molecule has 5 heteroatoms. The first kappa shape index (κ1) is 18.5. The van der Waals surface area contributed by atoms with E-state index in [0.717, 1.165) is 31.3 Å². The van der Waals surface area contributed by atoms with E-state index < -0.39 is 0 Å². The second-order valence-electron chi connectivity index (χ2n) is 7.44. The normalized spacial score (nSPS) is 24.0. The molecular formula is C19H29ClN2OS. The summed E-state index contributed by atoms with van der Waals surface area (Å²) in [5, 5.41) is 4.63. The van der Waals surface area contributed by atoms with Crippen molar-refractivity contribution >= 4 is 23.4 Å². The number of morpholine rings is 1. The molecule has 2 aliphatic rings. The van der Waals surface area contributed by atoms with Crippen molar-refractivity contribution in [3.63, 3.8) is 0 Å². The molecule has 2 aliphatic heterocycles. The maximum absolute atomic E-state index is 6.09. The van der Waals surface area contributed by atoms with E-state index in [-0.39, 0.29) is 5.60 Å². The Kier molecular flexibility index (Phi) is 6.50. The Labute approximate surface area is 155 Å². The summed E-state index contributed by atoms with van der Waals surface area (Å²) in [5.41, 5.74) is 1.26. The zero-order chi connectivity index (χ0) is 17.0. The van der Waals surface area contributed by atoms with Crippen LogP contribution in [-0.4, -0.2) is 54.3 Å². The summed E-state index contributed by atoms with van der Waals surface area (Å²) in [4.78, 5) is 2.57. The highest BCUT2D eigenvalue weighted by molar-refractivity contribution is 7.99. The number of hydrogen-bond acceptors (Lipinski definition) is 4. The average molecular weight is 369 g/mol. The fraction of sp³-hybridized carbons (Fsp3) is 0.684. The minimum absolute atomic E-state index is 0.0790. The van der Waals surface area contributed by atoms with Crippen LogP contribution in [0.1, 0.15) is 38.3 Å². The smallest absolute Gasteiger partial charge is 0.0753 e. The maximum Gasteiger partial charge on any atom is 0.0753 e. The fourth-order valence-corrected chi connectivity index (χ4v) is 4.87. The van der Waals surface area contributed by atoms with Crippen molar-refractivity contribution in [3.8, 4) is 0 Å². The van der Waals surface area contributed by atoms with Gasteiger partial charge < -0.3 is 10.1 Å². The van der Waals surface area contributed by atoms with Gasteiger partial charge in [-0.1, -0.05) is 23.7 Å². The number of nitrogens with zero attached hydrogens (tertiary/aromatic N) is 1. The summed E-state index contributed by atoms with van der Waals surface area (Å²) in [6, 6.07) is 9.40. The molecule has 1 aromatic carbocycles. The van der Waals surface area contributed by atoms with Crippen LogP contribution in [-0.2, 0) is 4.74 Å². The number of rotatable bonds is 5. The second kappa shape index (κ2) is 8.41. The van der Waals surface area contributed by atoms with Crippen molar-refractivity contribution in [1.82, 2.24) is 10.2 Å². The molecule has 0 spiro atoms. The lowest BCUT2D eigenvalue weighted by atomic mass is 10.00. The third-order valence-corrected chi connectivity index (χ3v) is 6.27. The highest BCUT2D eigenvalue weighted by Crippen LogP contribution is 2.28. The maximum atomic E-state index is 6.09. The lowest BCUT2D eigenvalue weighted by molar-refractivity contribution is -0.0976. The monoisotopic (exact) mass is 368 g/mol. The lowest BCUT2D eigenvalue weighted by Crippen LogP contribution is -2.51. The SMILES string of the molecule is CC1(C)CN(C(CNC2CCSCC2)c2ccc(Cl)cc2)CCO1. The number of benzene rings is 1. The molecule has 1 atom stereocenters. The van der Waals surface area contributed by atoms with Gasteiger partial charge in [0.25, 0.3) is 0 Å². The molecule has 0 bridgehead atoms. The van der Waals surface area contributed by atoms with E-state index >= 15 is 0 Å². The molecule has 3 rings (SSSR count). The van der Waals surface area contributed by atoms with Crippen LogP contribution in [0.4, 0.5) is 0 Å². The molecule has 0 saturated carbocycles. The molecule has 134 valence electrons. The van der Waals surface area contributed by atoms with E-state index in [1.807, 2.05) is 12.1 Å². The molecule has 0 aromatic heterocycles. The van der Waals surface area contributed by atoms with Gasteiger partial charge >= 0.3 is 0 Å². The predicted molar refractivity (Wildman–Crippen MR) is 104 cm³/mol. The molecule has 24 heavy (non-hydrogen) atoms. The summed E-state index contributed by atoms with van der Waals surface area (Å²) in [6.07, 6.45) is 2.57. The summed E-state index contributed by atoms with van der Waals surface area (Å²) in [5.74, 6) is 2.57. The van der Waals surface area contributed by atoms with Gasteiger partial charge in [-0.15, -0.1) is 0 Å².